The van der Waals surface area contributed by atoms with Crippen molar-refractivity contribution >= 4 is 17.2 Å². The van der Waals surface area contributed by atoms with Gasteiger partial charge in [0.25, 0.3) is 5.91 Å². The van der Waals surface area contributed by atoms with E-state index in [1.54, 1.807) is 22.6 Å². The van der Waals surface area contributed by atoms with Crippen LogP contribution in [0.3, 0.4) is 0 Å². The van der Waals surface area contributed by atoms with E-state index in [1.165, 1.54) is 11.3 Å². The molecular formula is C15H15N5O2S. The summed E-state index contributed by atoms with van der Waals surface area (Å²) in [6.07, 6.45) is 2.44. The molecule has 4 rings (SSSR count). The Labute approximate surface area is 136 Å². The first-order valence-electron chi connectivity index (χ1n) is 7.46. The fourth-order valence-electron chi connectivity index (χ4n) is 2.70. The average Bonchev–Trinajstić information content (AvgIpc) is 3.31. The summed E-state index contributed by atoms with van der Waals surface area (Å²) in [4.78, 5) is 18.8. The number of fused-ring (bicyclic) bond motifs is 1. The fourth-order valence-corrected chi connectivity index (χ4v) is 3.46. The Hall–Kier alpha value is -2.48. The second kappa shape index (κ2) is 5.62. The van der Waals surface area contributed by atoms with Crippen molar-refractivity contribution in [2.75, 3.05) is 6.54 Å². The van der Waals surface area contributed by atoms with Crippen molar-refractivity contribution < 1.29 is 9.21 Å². The monoisotopic (exact) mass is 329 g/mol. The maximum absolute atomic E-state index is 12.7. The number of amides is 1. The highest BCUT2D eigenvalue weighted by molar-refractivity contribution is 7.13. The lowest BCUT2D eigenvalue weighted by molar-refractivity contribution is 0.0701. The molecule has 3 aromatic heterocycles. The van der Waals surface area contributed by atoms with E-state index in [9.17, 15) is 4.79 Å². The Kier molecular flexibility index (Phi) is 3.45. The molecule has 118 valence electrons. The number of furan rings is 1. The van der Waals surface area contributed by atoms with E-state index in [2.05, 4.69) is 26.7 Å². The van der Waals surface area contributed by atoms with Gasteiger partial charge in [-0.15, -0.1) is 21.5 Å². The van der Waals surface area contributed by atoms with Crippen LogP contribution in [-0.4, -0.2) is 37.1 Å². The minimum Gasteiger partial charge on any atom is -0.462 e. The zero-order valence-corrected chi connectivity index (χ0v) is 13.4. The van der Waals surface area contributed by atoms with Crippen LogP contribution in [0.4, 0.5) is 0 Å². The third kappa shape index (κ3) is 2.44. The van der Waals surface area contributed by atoms with Gasteiger partial charge in [0.15, 0.2) is 16.6 Å². The van der Waals surface area contributed by atoms with Crippen LogP contribution < -0.4 is 0 Å². The van der Waals surface area contributed by atoms with Crippen molar-refractivity contribution in [2.45, 2.75) is 26.4 Å². The second-order valence-electron chi connectivity index (χ2n) is 5.28. The number of hydrogen-bond acceptors (Lipinski definition) is 6. The highest BCUT2D eigenvalue weighted by atomic mass is 32.1. The Morgan fingerprint density at radius 2 is 2.30 bits per heavy atom. The van der Waals surface area contributed by atoms with Crippen LogP contribution in [0.1, 0.15) is 29.1 Å². The van der Waals surface area contributed by atoms with Gasteiger partial charge in [-0.3, -0.25) is 4.79 Å². The van der Waals surface area contributed by atoms with Crippen molar-refractivity contribution in [1.82, 2.24) is 24.6 Å². The number of nitrogens with zero attached hydrogens (tertiary/aromatic N) is 5. The zero-order valence-electron chi connectivity index (χ0n) is 12.6. The lowest BCUT2D eigenvalue weighted by atomic mass is 10.3. The smallest absolute Gasteiger partial charge is 0.273 e. The lowest BCUT2D eigenvalue weighted by Gasteiger charge is -2.27. The number of rotatable bonds is 3. The Bertz CT molecular complexity index is 836. The normalized spacial score (nSPS) is 14.0. The highest BCUT2D eigenvalue weighted by Crippen LogP contribution is 2.25. The number of carbonyl (C=O) groups excluding carboxylic acids is 1. The largest absolute Gasteiger partial charge is 0.462 e. The van der Waals surface area contributed by atoms with Crippen LogP contribution in [0, 0.1) is 0 Å². The first-order chi connectivity index (χ1) is 11.3. The van der Waals surface area contributed by atoms with Crippen LogP contribution in [-0.2, 0) is 19.5 Å². The predicted octanol–water partition coefficient (Wildman–Crippen LogP) is 2.21. The van der Waals surface area contributed by atoms with E-state index in [0.717, 1.165) is 24.6 Å². The van der Waals surface area contributed by atoms with Crippen LogP contribution in [0.5, 0.6) is 0 Å². The molecule has 4 heterocycles. The van der Waals surface area contributed by atoms with Crippen LogP contribution in [0.15, 0.2) is 28.2 Å². The molecule has 1 aliphatic rings. The number of carbonyl (C=O) groups is 1. The van der Waals surface area contributed by atoms with Gasteiger partial charge in [-0.25, -0.2) is 4.98 Å². The van der Waals surface area contributed by atoms with Crippen molar-refractivity contribution in [2.24, 2.45) is 0 Å². The summed E-state index contributed by atoms with van der Waals surface area (Å²) in [6, 6.07) is 3.64. The Balaban J connectivity index is 1.54. The summed E-state index contributed by atoms with van der Waals surface area (Å²) in [5.74, 6) is 2.41. The molecular weight excluding hydrogens is 314 g/mol. The van der Waals surface area contributed by atoms with Gasteiger partial charge < -0.3 is 13.9 Å². The van der Waals surface area contributed by atoms with E-state index in [-0.39, 0.29) is 5.91 Å². The number of aryl methyl sites for hydroxylation is 1. The molecule has 8 heteroatoms. The minimum atomic E-state index is -0.0774. The van der Waals surface area contributed by atoms with E-state index < -0.39 is 0 Å². The molecule has 0 unspecified atom stereocenters. The van der Waals surface area contributed by atoms with Crippen LogP contribution in [0.2, 0.25) is 0 Å². The Morgan fingerprint density at radius 1 is 1.39 bits per heavy atom. The van der Waals surface area contributed by atoms with Crippen molar-refractivity contribution in [3.63, 3.8) is 0 Å². The van der Waals surface area contributed by atoms with Crippen molar-refractivity contribution in [3.8, 4) is 10.8 Å². The average molecular weight is 329 g/mol. The summed E-state index contributed by atoms with van der Waals surface area (Å²) < 4.78 is 7.42. The number of aromatic nitrogens is 4. The fraction of sp³-hybridized carbons (Fsp3) is 0.333. The molecule has 1 aliphatic heterocycles. The molecule has 0 aliphatic carbocycles. The van der Waals surface area contributed by atoms with Crippen molar-refractivity contribution in [3.05, 3.63) is 41.1 Å². The van der Waals surface area contributed by atoms with Gasteiger partial charge in [-0.2, -0.15) is 0 Å². The van der Waals surface area contributed by atoms with E-state index in [4.69, 9.17) is 4.42 Å². The summed E-state index contributed by atoms with van der Waals surface area (Å²) in [5, 5.41) is 10.8. The molecule has 23 heavy (non-hydrogen) atoms. The number of hydrogen-bond donors (Lipinski definition) is 0. The van der Waals surface area contributed by atoms with Gasteiger partial charge in [0.1, 0.15) is 11.5 Å². The molecule has 0 atom stereocenters. The SMILES string of the molecule is CCc1nnc2n1CCN(C(=O)c1csc(-c3ccco3)n1)C2. The van der Waals surface area contributed by atoms with E-state index in [1.807, 2.05) is 6.07 Å². The molecule has 7 nitrogen and oxygen atoms in total. The van der Waals surface area contributed by atoms with Gasteiger partial charge in [-0.05, 0) is 12.1 Å². The summed E-state index contributed by atoms with van der Waals surface area (Å²) >= 11 is 1.41. The highest BCUT2D eigenvalue weighted by Gasteiger charge is 2.26. The quantitative estimate of drug-likeness (QED) is 0.736. The minimum absolute atomic E-state index is 0.0774. The summed E-state index contributed by atoms with van der Waals surface area (Å²) in [5.41, 5.74) is 0.449. The summed E-state index contributed by atoms with van der Waals surface area (Å²) in [6.45, 7) is 3.90. The molecule has 0 bridgehead atoms. The molecule has 0 saturated heterocycles. The standard InChI is InChI=1S/C15H15N5O2S/c1-2-12-17-18-13-8-19(5-6-20(12)13)15(21)10-9-23-14(16-10)11-4-3-7-22-11/h3-4,7,9H,2,5-6,8H2,1H3. The van der Waals surface area contributed by atoms with Crippen LogP contribution >= 0.6 is 11.3 Å². The molecule has 0 N–H and O–H groups in total. The third-order valence-corrected chi connectivity index (χ3v) is 4.75. The van der Waals surface area contributed by atoms with Crippen LogP contribution in [0.25, 0.3) is 10.8 Å². The lowest BCUT2D eigenvalue weighted by Crippen LogP contribution is -2.38. The van der Waals surface area contributed by atoms with Gasteiger partial charge >= 0.3 is 0 Å². The van der Waals surface area contributed by atoms with Crippen molar-refractivity contribution in [1.29, 1.82) is 0 Å². The van der Waals surface area contributed by atoms with Gasteiger partial charge in [-0.1, -0.05) is 6.92 Å². The number of thiazole rings is 1. The first-order valence-corrected chi connectivity index (χ1v) is 8.34. The maximum atomic E-state index is 12.7. The molecule has 0 aromatic carbocycles. The van der Waals surface area contributed by atoms with E-state index in [0.29, 0.717) is 29.6 Å². The zero-order chi connectivity index (χ0) is 15.8. The predicted molar refractivity (Wildman–Crippen MR) is 84.0 cm³/mol. The topological polar surface area (TPSA) is 77.0 Å². The molecule has 0 fully saturated rings. The molecule has 0 radical (unpaired) electrons. The first kappa shape index (κ1) is 14.1. The molecule has 1 amide bonds. The van der Waals surface area contributed by atoms with Gasteiger partial charge in [0, 0.05) is 24.9 Å². The molecule has 3 aromatic rings. The molecule has 0 saturated carbocycles. The van der Waals surface area contributed by atoms with E-state index >= 15 is 0 Å². The molecule has 0 spiro atoms. The third-order valence-electron chi connectivity index (χ3n) is 3.89. The van der Waals surface area contributed by atoms with Gasteiger partial charge in [0.05, 0.1) is 12.8 Å². The Morgan fingerprint density at radius 3 is 3.09 bits per heavy atom. The van der Waals surface area contributed by atoms with Gasteiger partial charge in [0.2, 0.25) is 0 Å². The summed E-state index contributed by atoms with van der Waals surface area (Å²) in [7, 11) is 0. The maximum Gasteiger partial charge on any atom is 0.273 e. The second-order valence-corrected chi connectivity index (χ2v) is 6.14.